The minimum atomic E-state index is -0.656. The van der Waals surface area contributed by atoms with Crippen LogP contribution >= 0.6 is 0 Å². The second kappa shape index (κ2) is 7.89. The van der Waals surface area contributed by atoms with E-state index >= 15 is 0 Å². The molecule has 0 aliphatic heterocycles. The molecular weight excluding hydrogens is 320 g/mol. The number of para-hydroxylation sites is 1. The van der Waals surface area contributed by atoms with Crippen molar-refractivity contribution in [2.75, 3.05) is 19.5 Å². The molecule has 0 radical (unpaired) electrons. The summed E-state index contributed by atoms with van der Waals surface area (Å²) in [6.07, 6.45) is 1.76. The van der Waals surface area contributed by atoms with Crippen LogP contribution in [0.3, 0.4) is 0 Å². The van der Waals surface area contributed by atoms with Crippen LogP contribution in [0.15, 0.2) is 23.0 Å². The third kappa shape index (κ3) is 3.41. The van der Waals surface area contributed by atoms with Gasteiger partial charge in [0.2, 0.25) is 0 Å². The van der Waals surface area contributed by atoms with Crippen molar-refractivity contribution >= 4 is 5.82 Å². The number of H-pyrrole nitrogens is 1. The number of nitrogens with two attached hydrogens (primary N) is 1. The molecule has 3 N–H and O–H groups in total. The Morgan fingerprint density at radius 1 is 1.24 bits per heavy atom. The van der Waals surface area contributed by atoms with Gasteiger partial charge in [-0.1, -0.05) is 25.5 Å². The van der Waals surface area contributed by atoms with E-state index in [4.69, 9.17) is 15.2 Å². The minimum Gasteiger partial charge on any atom is -0.493 e. The zero-order valence-corrected chi connectivity index (χ0v) is 14.0. The first-order valence-corrected chi connectivity index (χ1v) is 7.75. The van der Waals surface area contributed by atoms with Crippen molar-refractivity contribution in [3.63, 3.8) is 0 Å². The van der Waals surface area contributed by atoms with Crippen molar-refractivity contribution in [3.8, 4) is 34.8 Å². The van der Waals surface area contributed by atoms with Crippen LogP contribution in [0.2, 0.25) is 0 Å². The fourth-order valence-electron chi connectivity index (χ4n) is 2.45. The van der Waals surface area contributed by atoms with Gasteiger partial charge >= 0.3 is 0 Å². The first kappa shape index (κ1) is 17.9. The number of methoxy groups -OCH3 is 1. The van der Waals surface area contributed by atoms with E-state index in [9.17, 15) is 15.3 Å². The fraction of sp³-hybridized carbons (Fsp3) is 0.278. The van der Waals surface area contributed by atoms with E-state index in [1.165, 1.54) is 7.11 Å². The largest absolute Gasteiger partial charge is 0.493 e. The van der Waals surface area contributed by atoms with Gasteiger partial charge in [0.05, 0.1) is 13.7 Å². The highest BCUT2D eigenvalue weighted by molar-refractivity contribution is 5.84. The number of pyridine rings is 1. The molecule has 0 aliphatic carbocycles. The summed E-state index contributed by atoms with van der Waals surface area (Å²) in [7, 11) is 1.49. The third-order valence-electron chi connectivity index (χ3n) is 3.68. The van der Waals surface area contributed by atoms with Crippen molar-refractivity contribution in [1.29, 1.82) is 10.5 Å². The Bertz CT molecular complexity index is 920. The fourth-order valence-corrected chi connectivity index (χ4v) is 2.45. The molecule has 2 aromatic rings. The van der Waals surface area contributed by atoms with Crippen molar-refractivity contribution in [3.05, 3.63) is 39.7 Å². The minimum absolute atomic E-state index is 0.0183. The zero-order valence-electron chi connectivity index (χ0n) is 14.0. The summed E-state index contributed by atoms with van der Waals surface area (Å²) in [5, 5.41) is 18.9. The van der Waals surface area contributed by atoms with E-state index < -0.39 is 5.56 Å². The lowest BCUT2D eigenvalue weighted by atomic mass is 9.95. The van der Waals surface area contributed by atoms with E-state index in [1.807, 2.05) is 19.1 Å². The van der Waals surface area contributed by atoms with Gasteiger partial charge < -0.3 is 20.2 Å². The maximum absolute atomic E-state index is 12.1. The van der Waals surface area contributed by atoms with E-state index in [0.29, 0.717) is 23.7 Å². The number of nitrogen functional groups attached to an aromatic ring is 1. The third-order valence-corrected chi connectivity index (χ3v) is 3.68. The smallest absolute Gasteiger partial charge is 0.268 e. The molecule has 128 valence electrons. The van der Waals surface area contributed by atoms with E-state index in [2.05, 4.69) is 4.98 Å². The average molecular weight is 338 g/mol. The highest BCUT2D eigenvalue weighted by Crippen LogP contribution is 2.41. The van der Waals surface area contributed by atoms with Gasteiger partial charge in [-0.25, -0.2) is 0 Å². The SMILES string of the molecule is CCCCOc1c(OC)cccc1-c1c(C#N)c(N)[nH]c(=O)c1C#N. The van der Waals surface area contributed by atoms with E-state index in [0.717, 1.165) is 12.8 Å². The normalized spacial score (nSPS) is 9.92. The molecule has 0 amide bonds. The van der Waals surface area contributed by atoms with Crippen LogP contribution < -0.4 is 20.8 Å². The lowest BCUT2D eigenvalue weighted by Crippen LogP contribution is -2.16. The maximum Gasteiger partial charge on any atom is 0.268 e. The van der Waals surface area contributed by atoms with Crippen LogP contribution in [-0.4, -0.2) is 18.7 Å². The molecule has 7 nitrogen and oxygen atoms in total. The lowest BCUT2D eigenvalue weighted by molar-refractivity contribution is 0.289. The second-order valence-electron chi connectivity index (χ2n) is 5.26. The van der Waals surface area contributed by atoms with Crippen LogP contribution in [0.25, 0.3) is 11.1 Å². The number of nitriles is 2. The lowest BCUT2D eigenvalue weighted by Gasteiger charge is -2.17. The maximum atomic E-state index is 12.1. The first-order valence-electron chi connectivity index (χ1n) is 7.75. The van der Waals surface area contributed by atoms with Gasteiger partial charge in [0.15, 0.2) is 11.5 Å². The molecule has 0 fully saturated rings. The number of rotatable bonds is 6. The molecule has 0 spiro atoms. The van der Waals surface area contributed by atoms with Gasteiger partial charge in [0, 0.05) is 11.1 Å². The van der Waals surface area contributed by atoms with Crippen LogP contribution in [0.1, 0.15) is 30.9 Å². The standard InChI is InChI=1S/C18H18N4O3/c1-3-4-8-25-16-11(6-5-7-14(16)24-2)15-12(9-19)17(21)22-18(23)13(15)10-20/h5-7H,3-4,8H2,1-2H3,(H3,21,22,23). The Balaban J connectivity index is 2.81. The summed E-state index contributed by atoms with van der Waals surface area (Å²) in [6, 6.07) is 8.87. The molecule has 2 rings (SSSR count). The van der Waals surface area contributed by atoms with Crippen molar-refractivity contribution < 1.29 is 9.47 Å². The molecule has 1 aromatic carbocycles. The summed E-state index contributed by atoms with van der Waals surface area (Å²) in [4.78, 5) is 14.4. The van der Waals surface area contributed by atoms with E-state index in [-0.39, 0.29) is 22.5 Å². The zero-order chi connectivity index (χ0) is 18.4. The Kier molecular flexibility index (Phi) is 5.65. The second-order valence-corrected chi connectivity index (χ2v) is 5.26. The number of aromatic nitrogens is 1. The number of hydrogen-bond acceptors (Lipinski definition) is 6. The van der Waals surface area contributed by atoms with Gasteiger partial charge in [0.1, 0.15) is 29.1 Å². The predicted octanol–water partition coefficient (Wildman–Crippen LogP) is 2.55. The molecule has 0 bridgehead atoms. The Hall–Kier alpha value is -3.45. The number of unbranched alkanes of at least 4 members (excludes halogenated alkanes) is 1. The Labute approximate surface area is 145 Å². The summed E-state index contributed by atoms with van der Waals surface area (Å²) in [5.74, 6) is 0.723. The Morgan fingerprint density at radius 3 is 2.56 bits per heavy atom. The molecule has 1 heterocycles. The number of anilines is 1. The highest BCUT2D eigenvalue weighted by atomic mass is 16.5. The summed E-state index contributed by atoms with van der Waals surface area (Å²) >= 11 is 0. The number of ether oxygens (including phenoxy) is 2. The molecule has 0 unspecified atom stereocenters. The van der Waals surface area contributed by atoms with E-state index in [1.54, 1.807) is 18.2 Å². The van der Waals surface area contributed by atoms with Crippen LogP contribution in [0.5, 0.6) is 11.5 Å². The number of benzene rings is 1. The monoisotopic (exact) mass is 338 g/mol. The molecule has 0 saturated heterocycles. The van der Waals surface area contributed by atoms with Gasteiger partial charge in [0.25, 0.3) is 5.56 Å². The molecule has 25 heavy (non-hydrogen) atoms. The molecule has 0 aliphatic rings. The highest BCUT2D eigenvalue weighted by Gasteiger charge is 2.23. The topological polar surface area (TPSA) is 125 Å². The molecule has 7 heteroatoms. The molecule has 0 atom stereocenters. The summed E-state index contributed by atoms with van der Waals surface area (Å²) in [5.41, 5.74) is 5.51. The molecule has 1 aromatic heterocycles. The van der Waals surface area contributed by atoms with Gasteiger partial charge in [-0.05, 0) is 12.5 Å². The van der Waals surface area contributed by atoms with Crippen LogP contribution in [0, 0.1) is 22.7 Å². The summed E-state index contributed by atoms with van der Waals surface area (Å²) < 4.78 is 11.2. The molecular formula is C18H18N4O3. The summed E-state index contributed by atoms with van der Waals surface area (Å²) in [6.45, 7) is 2.47. The molecule has 0 saturated carbocycles. The van der Waals surface area contributed by atoms with Crippen LogP contribution in [-0.2, 0) is 0 Å². The quantitative estimate of drug-likeness (QED) is 0.780. The van der Waals surface area contributed by atoms with Gasteiger partial charge in [-0.3, -0.25) is 4.79 Å². The Morgan fingerprint density at radius 2 is 1.96 bits per heavy atom. The number of aromatic amines is 1. The predicted molar refractivity (Wildman–Crippen MR) is 93.3 cm³/mol. The van der Waals surface area contributed by atoms with Crippen molar-refractivity contribution in [1.82, 2.24) is 4.98 Å². The number of nitrogens with zero attached hydrogens (tertiary/aromatic N) is 2. The van der Waals surface area contributed by atoms with Gasteiger partial charge in [-0.15, -0.1) is 0 Å². The first-order chi connectivity index (χ1) is 12.1. The number of hydrogen-bond donors (Lipinski definition) is 2. The van der Waals surface area contributed by atoms with Gasteiger partial charge in [-0.2, -0.15) is 10.5 Å². The number of nitrogens with one attached hydrogen (secondary N) is 1. The average Bonchev–Trinajstić information content (AvgIpc) is 2.61. The van der Waals surface area contributed by atoms with Crippen molar-refractivity contribution in [2.45, 2.75) is 19.8 Å². The van der Waals surface area contributed by atoms with Crippen molar-refractivity contribution in [2.24, 2.45) is 0 Å². The van der Waals surface area contributed by atoms with Crippen LogP contribution in [0.4, 0.5) is 5.82 Å².